The first-order valence-corrected chi connectivity index (χ1v) is 4.95. The third-order valence-corrected chi connectivity index (χ3v) is 2.23. The first kappa shape index (κ1) is 10.4. The molecule has 16 heavy (non-hydrogen) atoms. The highest BCUT2D eigenvalue weighted by Crippen LogP contribution is 2.03. The monoisotopic (exact) mass is 220 g/mol. The lowest BCUT2D eigenvalue weighted by atomic mass is 10.3. The molecule has 0 spiro atoms. The van der Waals surface area contributed by atoms with Crippen LogP contribution < -0.4 is 0 Å². The first-order valence-electron chi connectivity index (χ1n) is 4.95. The lowest BCUT2D eigenvalue weighted by Crippen LogP contribution is -1.98. The summed E-state index contributed by atoms with van der Waals surface area (Å²) in [5.74, 6) is -1.01. The van der Waals surface area contributed by atoms with Crippen molar-refractivity contribution in [1.82, 2.24) is 19.3 Å². The van der Waals surface area contributed by atoms with Gasteiger partial charge in [-0.05, 0) is 6.92 Å². The molecule has 0 radical (unpaired) electrons. The maximum atomic E-state index is 10.6. The van der Waals surface area contributed by atoms with Gasteiger partial charge in [0.15, 0.2) is 5.69 Å². The van der Waals surface area contributed by atoms with Crippen molar-refractivity contribution in [3.63, 3.8) is 0 Å². The average Bonchev–Trinajstić information content (AvgIpc) is 2.87. The largest absolute Gasteiger partial charge is 0.476 e. The van der Waals surface area contributed by atoms with E-state index in [9.17, 15) is 4.79 Å². The molecule has 0 atom stereocenters. The summed E-state index contributed by atoms with van der Waals surface area (Å²) in [5.41, 5.74) is 1.08. The molecule has 6 heteroatoms. The van der Waals surface area contributed by atoms with Gasteiger partial charge in [0, 0.05) is 24.5 Å². The summed E-state index contributed by atoms with van der Waals surface area (Å²) in [6.07, 6.45) is 6.71. The molecule has 84 valence electrons. The molecule has 0 saturated heterocycles. The smallest absolute Gasteiger partial charge is 0.356 e. The van der Waals surface area contributed by atoms with E-state index < -0.39 is 5.97 Å². The molecule has 2 aromatic heterocycles. The molecule has 2 heterocycles. The van der Waals surface area contributed by atoms with E-state index in [1.165, 1.54) is 12.5 Å². The molecule has 0 aromatic carbocycles. The SMILES string of the molecule is CCn1cc(Cn2cnc(C(=O)O)c2)cn1. The fourth-order valence-corrected chi connectivity index (χ4v) is 1.43. The molecule has 0 aliphatic heterocycles. The zero-order valence-electron chi connectivity index (χ0n) is 8.87. The molecule has 6 nitrogen and oxygen atoms in total. The second kappa shape index (κ2) is 4.18. The van der Waals surface area contributed by atoms with E-state index in [0.29, 0.717) is 6.54 Å². The van der Waals surface area contributed by atoms with E-state index in [1.807, 2.05) is 17.8 Å². The molecule has 0 unspecified atom stereocenters. The fourth-order valence-electron chi connectivity index (χ4n) is 1.43. The number of carbonyl (C=O) groups is 1. The highest BCUT2D eigenvalue weighted by Gasteiger charge is 2.07. The number of aryl methyl sites for hydroxylation is 1. The Kier molecular flexibility index (Phi) is 2.72. The number of nitrogens with zero attached hydrogens (tertiary/aromatic N) is 4. The van der Waals surface area contributed by atoms with Crippen LogP contribution in [0.2, 0.25) is 0 Å². The summed E-state index contributed by atoms with van der Waals surface area (Å²) in [6.45, 7) is 3.42. The van der Waals surface area contributed by atoms with Crippen molar-refractivity contribution in [2.45, 2.75) is 20.0 Å². The van der Waals surface area contributed by atoms with Gasteiger partial charge in [-0.25, -0.2) is 9.78 Å². The maximum Gasteiger partial charge on any atom is 0.356 e. The van der Waals surface area contributed by atoms with Crippen LogP contribution in [-0.2, 0) is 13.1 Å². The van der Waals surface area contributed by atoms with E-state index in [-0.39, 0.29) is 5.69 Å². The Morgan fingerprint density at radius 1 is 1.50 bits per heavy atom. The minimum atomic E-state index is -1.01. The third kappa shape index (κ3) is 2.10. The van der Waals surface area contributed by atoms with Gasteiger partial charge >= 0.3 is 5.97 Å². The highest BCUT2D eigenvalue weighted by atomic mass is 16.4. The van der Waals surface area contributed by atoms with Crippen LogP contribution in [0.5, 0.6) is 0 Å². The summed E-state index contributed by atoms with van der Waals surface area (Å²) in [4.78, 5) is 14.4. The maximum absolute atomic E-state index is 10.6. The predicted octanol–water partition coefficient (Wildman–Crippen LogP) is 0.846. The van der Waals surface area contributed by atoms with Gasteiger partial charge < -0.3 is 9.67 Å². The Labute approximate surface area is 92.2 Å². The average molecular weight is 220 g/mol. The second-order valence-electron chi connectivity index (χ2n) is 3.44. The highest BCUT2D eigenvalue weighted by molar-refractivity contribution is 5.84. The van der Waals surface area contributed by atoms with Crippen LogP contribution in [0.3, 0.4) is 0 Å². The van der Waals surface area contributed by atoms with Gasteiger partial charge in [0.25, 0.3) is 0 Å². The molecule has 2 aromatic rings. The minimum absolute atomic E-state index is 0.0582. The van der Waals surface area contributed by atoms with Gasteiger partial charge in [-0.2, -0.15) is 5.10 Å². The molecule has 0 aliphatic carbocycles. The van der Waals surface area contributed by atoms with Gasteiger partial charge in [0.1, 0.15) is 0 Å². The van der Waals surface area contributed by atoms with Gasteiger partial charge in [0.05, 0.1) is 19.1 Å². The molecule has 0 fully saturated rings. The van der Waals surface area contributed by atoms with Gasteiger partial charge in [0.2, 0.25) is 0 Å². The Balaban J connectivity index is 2.11. The second-order valence-corrected chi connectivity index (χ2v) is 3.44. The van der Waals surface area contributed by atoms with Gasteiger partial charge in [-0.15, -0.1) is 0 Å². The fraction of sp³-hybridized carbons (Fsp3) is 0.300. The Morgan fingerprint density at radius 3 is 2.88 bits per heavy atom. The van der Waals surface area contributed by atoms with Crippen LogP contribution in [0.1, 0.15) is 23.0 Å². The third-order valence-electron chi connectivity index (χ3n) is 2.23. The number of aromatic carboxylic acids is 1. The zero-order chi connectivity index (χ0) is 11.5. The van der Waals surface area contributed by atoms with E-state index in [1.54, 1.807) is 10.8 Å². The van der Waals surface area contributed by atoms with Crippen molar-refractivity contribution in [3.8, 4) is 0 Å². The quantitative estimate of drug-likeness (QED) is 0.828. The lowest BCUT2D eigenvalue weighted by molar-refractivity contribution is 0.0691. The first-order chi connectivity index (χ1) is 7.69. The topological polar surface area (TPSA) is 72.9 Å². The molecule has 0 saturated carbocycles. The minimum Gasteiger partial charge on any atom is -0.476 e. The summed E-state index contributed by atoms with van der Waals surface area (Å²) >= 11 is 0. The summed E-state index contributed by atoms with van der Waals surface area (Å²) in [6, 6.07) is 0. The molecule has 2 rings (SSSR count). The molecule has 0 aliphatic rings. The predicted molar refractivity (Wildman–Crippen MR) is 56.2 cm³/mol. The van der Waals surface area contributed by atoms with Crippen molar-refractivity contribution in [2.75, 3.05) is 0 Å². The van der Waals surface area contributed by atoms with E-state index >= 15 is 0 Å². The summed E-state index contributed by atoms with van der Waals surface area (Å²) in [7, 11) is 0. The normalized spacial score (nSPS) is 10.6. The van der Waals surface area contributed by atoms with Crippen molar-refractivity contribution in [1.29, 1.82) is 0 Å². The van der Waals surface area contributed by atoms with E-state index in [4.69, 9.17) is 5.11 Å². The van der Waals surface area contributed by atoms with Crippen molar-refractivity contribution in [2.24, 2.45) is 0 Å². The number of carboxylic acid groups (broad SMARTS) is 1. The zero-order valence-corrected chi connectivity index (χ0v) is 8.87. The van der Waals surface area contributed by atoms with Crippen molar-refractivity contribution in [3.05, 3.63) is 36.2 Å². The number of hydrogen-bond donors (Lipinski definition) is 1. The van der Waals surface area contributed by atoms with Crippen molar-refractivity contribution >= 4 is 5.97 Å². The number of aromatic nitrogens is 4. The Morgan fingerprint density at radius 2 is 2.31 bits per heavy atom. The van der Waals surface area contributed by atoms with Crippen LogP contribution in [0.25, 0.3) is 0 Å². The van der Waals surface area contributed by atoms with Crippen LogP contribution in [0.15, 0.2) is 24.9 Å². The summed E-state index contributed by atoms with van der Waals surface area (Å²) < 4.78 is 3.55. The van der Waals surface area contributed by atoms with E-state index in [0.717, 1.165) is 12.1 Å². The number of rotatable bonds is 4. The van der Waals surface area contributed by atoms with Crippen molar-refractivity contribution < 1.29 is 9.90 Å². The van der Waals surface area contributed by atoms with Crippen LogP contribution in [-0.4, -0.2) is 30.4 Å². The van der Waals surface area contributed by atoms with Crippen LogP contribution in [0, 0.1) is 0 Å². The molecule has 1 N–H and O–H groups in total. The lowest BCUT2D eigenvalue weighted by Gasteiger charge is -1.97. The van der Waals surface area contributed by atoms with Gasteiger partial charge in [-0.1, -0.05) is 0 Å². The van der Waals surface area contributed by atoms with Crippen LogP contribution in [0.4, 0.5) is 0 Å². The Bertz CT molecular complexity index is 500. The standard InChI is InChI=1S/C10H12N4O2/c1-2-14-5-8(3-12-14)4-13-6-9(10(15)16)11-7-13/h3,5-7H,2,4H2,1H3,(H,15,16). The number of hydrogen-bond acceptors (Lipinski definition) is 3. The summed E-state index contributed by atoms with van der Waals surface area (Å²) in [5, 5.41) is 12.9. The molecule has 0 amide bonds. The Hall–Kier alpha value is -2.11. The molecule has 0 bridgehead atoms. The molecular formula is C10H12N4O2. The number of imidazole rings is 1. The van der Waals surface area contributed by atoms with Gasteiger partial charge in [-0.3, -0.25) is 4.68 Å². The van der Waals surface area contributed by atoms with E-state index in [2.05, 4.69) is 10.1 Å². The number of carboxylic acids is 1. The van der Waals surface area contributed by atoms with Crippen LogP contribution >= 0.6 is 0 Å². The molecular weight excluding hydrogens is 208 g/mol.